The number of hydrogen-bond donors (Lipinski definition) is 3. The molecule has 0 spiro atoms. The van der Waals surface area contributed by atoms with Gasteiger partial charge in [0.2, 0.25) is 0 Å². The van der Waals surface area contributed by atoms with Crippen molar-refractivity contribution in [2.24, 2.45) is 0 Å². The number of phenols is 1. The molecule has 0 radical (unpaired) electrons. The number of amides is 3. The second kappa shape index (κ2) is 5.00. The second-order valence-corrected chi connectivity index (χ2v) is 4.92. The molecule has 0 bridgehead atoms. The standard InChI is InChI=1S/C16H12N2O4/c19-9-10-8-12(6-7-13(10)20)16(11-4-2-1-3-5-11)14(21)17-15(22)18-16/h1-9,20H,(H2,17,18,21,22). The van der Waals surface area contributed by atoms with Crippen LogP contribution in [-0.2, 0) is 10.3 Å². The maximum Gasteiger partial charge on any atom is 0.322 e. The summed E-state index contributed by atoms with van der Waals surface area (Å²) in [5.41, 5.74) is -0.436. The Bertz CT molecular complexity index is 773. The number of rotatable bonds is 3. The third kappa shape index (κ3) is 1.93. The molecule has 1 aliphatic heterocycles. The summed E-state index contributed by atoms with van der Waals surface area (Å²) in [6, 6.07) is 12.3. The highest BCUT2D eigenvalue weighted by Crippen LogP contribution is 2.34. The summed E-state index contributed by atoms with van der Waals surface area (Å²) < 4.78 is 0. The molecular formula is C16H12N2O4. The lowest BCUT2D eigenvalue weighted by Crippen LogP contribution is -2.44. The van der Waals surface area contributed by atoms with E-state index in [1.165, 1.54) is 18.2 Å². The van der Waals surface area contributed by atoms with Crippen molar-refractivity contribution >= 4 is 18.2 Å². The Morgan fingerprint density at radius 2 is 1.73 bits per heavy atom. The molecule has 110 valence electrons. The van der Waals surface area contributed by atoms with E-state index >= 15 is 0 Å². The van der Waals surface area contributed by atoms with Gasteiger partial charge in [0, 0.05) is 0 Å². The number of phenolic OH excluding ortho intramolecular Hbond substituents is 1. The zero-order valence-corrected chi connectivity index (χ0v) is 11.4. The van der Waals surface area contributed by atoms with Crippen LogP contribution in [0.1, 0.15) is 21.5 Å². The Kier molecular flexibility index (Phi) is 3.14. The third-order valence-corrected chi connectivity index (χ3v) is 3.66. The van der Waals surface area contributed by atoms with Crippen molar-refractivity contribution in [3.63, 3.8) is 0 Å². The van der Waals surface area contributed by atoms with Gasteiger partial charge in [-0.15, -0.1) is 0 Å². The molecule has 2 aromatic carbocycles. The van der Waals surface area contributed by atoms with Gasteiger partial charge in [-0.3, -0.25) is 14.9 Å². The third-order valence-electron chi connectivity index (χ3n) is 3.66. The monoisotopic (exact) mass is 296 g/mol. The molecule has 6 nitrogen and oxygen atoms in total. The summed E-state index contributed by atoms with van der Waals surface area (Å²) in [5.74, 6) is -0.724. The molecule has 1 saturated heterocycles. The maximum absolute atomic E-state index is 12.4. The van der Waals surface area contributed by atoms with Gasteiger partial charge in [-0.05, 0) is 23.3 Å². The lowest BCUT2D eigenvalue weighted by Gasteiger charge is -2.27. The van der Waals surface area contributed by atoms with Gasteiger partial charge in [0.05, 0.1) is 5.56 Å². The summed E-state index contributed by atoms with van der Waals surface area (Å²) in [5, 5.41) is 14.5. The first kappa shape index (κ1) is 13.8. The fourth-order valence-corrected chi connectivity index (χ4v) is 2.60. The van der Waals surface area contributed by atoms with E-state index in [4.69, 9.17) is 0 Å². The zero-order chi connectivity index (χ0) is 15.7. The number of imide groups is 1. The van der Waals surface area contributed by atoms with Crippen LogP contribution in [0.3, 0.4) is 0 Å². The van der Waals surface area contributed by atoms with Crippen molar-refractivity contribution in [1.29, 1.82) is 0 Å². The topological polar surface area (TPSA) is 95.5 Å². The van der Waals surface area contributed by atoms with Crippen LogP contribution in [0.25, 0.3) is 0 Å². The molecule has 0 saturated carbocycles. The predicted octanol–water partition coefficient (Wildman–Crippen LogP) is 1.29. The van der Waals surface area contributed by atoms with E-state index in [9.17, 15) is 19.5 Å². The summed E-state index contributed by atoms with van der Waals surface area (Å²) in [6.07, 6.45) is 0.492. The second-order valence-electron chi connectivity index (χ2n) is 4.92. The smallest absolute Gasteiger partial charge is 0.322 e. The fraction of sp³-hybridized carbons (Fsp3) is 0.0625. The van der Waals surface area contributed by atoms with E-state index in [1.54, 1.807) is 30.3 Å². The number of urea groups is 1. The van der Waals surface area contributed by atoms with E-state index in [0.29, 0.717) is 17.4 Å². The fourth-order valence-electron chi connectivity index (χ4n) is 2.60. The number of nitrogens with one attached hydrogen (secondary N) is 2. The Morgan fingerprint density at radius 1 is 1.00 bits per heavy atom. The van der Waals surface area contributed by atoms with E-state index < -0.39 is 17.5 Å². The van der Waals surface area contributed by atoms with E-state index in [2.05, 4.69) is 10.6 Å². The van der Waals surface area contributed by atoms with E-state index in [-0.39, 0.29) is 11.3 Å². The molecule has 3 rings (SSSR count). The van der Waals surface area contributed by atoms with Gasteiger partial charge in [-0.1, -0.05) is 36.4 Å². The van der Waals surface area contributed by atoms with Gasteiger partial charge in [0.15, 0.2) is 11.8 Å². The molecule has 1 aliphatic rings. The molecular weight excluding hydrogens is 284 g/mol. The van der Waals surface area contributed by atoms with Crippen LogP contribution >= 0.6 is 0 Å². The predicted molar refractivity (Wildman–Crippen MR) is 77.4 cm³/mol. The number of aromatic hydroxyl groups is 1. The molecule has 0 aromatic heterocycles. The van der Waals surface area contributed by atoms with Gasteiger partial charge < -0.3 is 10.4 Å². The minimum atomic E-state index is -1.43. The van der Waals surface area contributed by atoms with E-state index in [1.807, 2.05) is 0 Å². The van der Waals surface area contributed by atoms with Crippen molar-refractivity contribution in [2.45, 2.75) is 5.54 Å². The van der Waals surface area contributed by atoms with Crippen molar-refractivity contribution < 1.29 is 19.5 Å². The number of carbonyl (C=O) groups is 3. The van der Waals surface area contributed by atoms with Gasteiger partial charge in [-0.25, -0.2) is 4.79 Å². The van der Waals surface area contributed by atoms with Crippen molar-refractivity contribution in [3.05, 3.63) is 65.2 Å². The zero-order valence-electron chi connectivity index (χ0n) is 11.4. The SMILES string of the molecule is O=Cc1cc(C2(c3ccccc3)NC(=O)NC2=O)ccc1O. The van der Waals surface area contributed by atoms with E-state index in [0.717, 1.165) is 0 Å². The van der Waals surface area contributed by atoms with Gasteiger partial charge in [0.1, 0.15) is 5.75 Å². The first-order valence-electron chi connectivity index (χ1n) is 6.55. The highest BCUT2D eigenvalue weighted by atomic mass is 16.3. The molecule has 1 heterocycles. The summed E-state index contributed by atoms with van der Waals surface area (Å²) in [4.78, 5) is 35.2. The van der Waals surface area contributed by atoms with Crippen LogP contribution in [0.15, 0.2) is 48.5 Å². The lowest BCUT2D eigenvalue weighted by molar-refractivity contribution is -0.122. The average Bonchev–Trinajstić information content (AvgIpc) is 2.84. The molecule has 22 heavy (non-hydrogen) atoms. The minimum absolute atomic E-state index is 0.0433. The van der Waals surface area contributed by atoms with Crippen LogP contribution in [0.4, 0.5) is 4.79 Å². The van der Waals surface area contributed by atoms with Crippen LogP contribution in [0.2, 0.25) is 0 Å². The highest BCUT2D eigenvalue weighted by Gasteiger charge is 2.49. The average molecular weight is 296 g/mol. The van der Waals surface area contributed by atoms with Crippen LogP contribution in [0, 0.1) is 0 Å². The number of hydrogen-bond acceptors (Lipinski definition) is 4. The van der Waals surface area contributed by atoms with Gasteiger partial charge in [0.25, 0.3) is 5.91 Å². The summed E-state index contributed by atoms with van der Waals surface area (Å²) in [7, 11) is 0. The molecule has 1 atom stereocenters. The first-order valence-corrected chi connectivity index (χ1v) is 6.55. The summed E-state index contributed by atoms with van der Waals surface area (Å²) in [6.45, 7) is 0. The highest BCUT2D eigenvalue weighted by molar-refractivity contribution is 6.09. The van der Waals surface area contributed by atoms with Gasteiger partial charge in [-0.2, -0.15) is 0 Å². The van der Waals surface area contributed by atoms with Crippen molar-refractivity contribution in [3.8, 4) is 5.75 Å². The number of carbonyl (C=O) groups excluding carboxylic acids is 3. The Morgan fingerprint density at radius 3 is 2.32 bits per heavy atom. The lowest BCUT2D eigenvalue weighted by atomic mass is 9.82. The Hall–Kier alpha value is -3.15. The Balaban J connectivity index is 2.26. The van der Waals surface area contributed by atoms with Crippen LogP contribution < -0.4 is 10.6 Å². The van der Waals surface area contributed by atoms with Crippen LogP contribution in [-0.4, -0.2) is 23.3 Å². The van der Waals surface area contributed by atoms with Crippen LogP contribution in [0.5, 0.6) is 5.75 Å². The Labute approximate surface area is 125 Å². The normalized spacial score (nSPS) is 20.4. The molecule has 1 fully saturated rings. The number of aldehydes is 1. The molecule has 3 amide bonds. The largest absolute Gasteiger partial charge is 0.507 e. The van der Waals surface area contributed by atoms with Gasteiger partial charge >= 0.3 is 6.03 Å². The number of benzene rings is 2. The van der Waals surface area contributed by atoms with Crippen molar-refractivity contribution in [2.75, 3.05) is 0 Å². The minimum Gasteiger partial charge on any atom is -0.507 e. The molecule has 6 heteroatoms. The molecule has 3 N–H and O–H groups in total. The van der Waals surface area contributed by atoms with Crippen molar-refractivity contribution in [1.82, 2.24) is 10.6 Å². The quantitative estimate of drug-likeness (QED) is 0.587. The molecule has 0 aliphatic carbocycles. The summed E-state index contributed by atoms with van der Waals surface area (Å²) >= 11 is 0. The molecule has 1 unspecified atom stereocenters. The maximum atomic E-state index is 12.4. The first-order chi connectivity index (χ1) is 10.6. The molecule has 2 aromatic rings.